The zero-order chi connectivity index (χ0) is 16.7. The summed E-state index contributed by atoms with van der Waals surface area (Å²) in [6.07, 6.45) is -2.38. The monoisotopic (exact) mass is 313 g/mol. The summed E-state index contributed by atoms with van der Waals surface area (Å²) >= 11 is 0. The van der Waals surface area contributed by atoms with Gasteiger partial charge in [-0.3, -0.25) is 10.1 Å². The van der Waals surface area contributed by atoms with E-state index in [0.717, 1.165) is 0 Å². The normalized spacial score (nSPS) is 26.4. The Morgan fingerprint density at radius 1 is 1.41 bits per heavy atom. The molecule has 0 unspecified atom stereocenters. The van der Waals surface area contributed by atoms with E-state index >= 15 is 0 Å². The number of benzene rings is 1. The summed E-state index contributed by atoms with van der Waals surface area (Å²) in [4.78, 5) is 10.3. The second-order valence-corrected chi connectivity index (χ2v) is 5.36. The summed E-state index contributed by atoms with van der Waals surface area (Å²) in [6.45, 7) is 1.54. The SMILES string of the molecule is COC(OC)[C@@]1(C)Oc2ccc([N+](=O)[O-])cc2C(N)(N)[C@H]1O. The zero-order valence-electron chi connectivity index (χ0n) is 12.5. The van der Waals surface area contributed by atoms with Crippen LogP contribution < -0.4 is 16.2 Å². The van der Waals surface area contributed by atoms with Gasteiger partial charge in [-0.25, -0.2) is 0 Å². The summed E-state index contributed by atoms with van der Waals surface area (Å²) in [7, 11) is 2.77. The van der Waals surface area contributed by atoms with Crippen molar-refractivity contribution in [3.63, 3.8) is 0 Å². The van der Waals surface area contributed by atoms with Gasteiger partial charge in [0.05, 0.1) is 4.92 Å². The van der Waals surface area contributed by atoms with Crippen LogP contribution in [0.2, 0.25) is 0 Å². The third-order valence-electron chi connectivity index (χ3n) is 3.86. The van der Waals surface area contributed by atoms with Crippen LogP contribution in [0.1, 0.15) is 12.5 Å². The molecule has 0 amide bonds. The second kappa shape index (κ2) is 5.45. The van der Waals surface area contributed by atoms with Gasteiger partial charge in [0.2, 0.25) is 0 Å². The van der Waals surface area contributed by atoms with Crippen molar-refractivity contribution >= 4 is 5.69 Å². The molecular weight excluding hydrogens is 294 g/mol. The van der Waals surface area contributed by atoms with Crippen LogP contribution in [0.15, 0.2) is 18.2 Å². The lowest BCUT2D eigenvalue weighted by Crippen LogP contribution is -2.71. The molecule has 0 saturated carbocycles. The van der Waals surface area contributed by atoms with Crippen LogP contribution >= 0.6 is 0 Å². The summed E-state index contributed by atoms with van der Waals surface area (Å²) in [5.41, 5.74) is 8.85. The molecule has 2 rings (SSSR count). The van der Waals surface area contributed by atoms with Gasteiger partial charge in [0, 0.05) is 31.9 Å². The van der Waals surface area contributed by atoms with Crippen molar-refractivity contribution in [1.29, 1.82) is 0 Å². The van der Waals surface area contributed by atoms with Crippen LogP contribution in [0.5, 0.6) is 5.75 Å². The topological polar surface area (TPSA) is 143 Å². The molecule has 0 aromatic heterocycles. The number of fused-ring (bicyclic) bond motifs is 1. The van der Waals surface area contributed by atoms with E-state index < -0.39 is 28.6 Å². The highest BCUT2D eigenvalue weighted by Crippen LogP contribution is 2.43. The molecular formula is C13H19N3O6. The van der Waals surface area contributed by atoms with Gasteiger partial charge in [-0.1, -0.05) is 0 Å². The van der Waals surface area contributed by atoms with Crippen LogP contribution in [0.25, 0.3) is 0 Å². The van der Waals surface area contributed by atoms with E-state index in [2.05, 4.69) is 0 Å². The van der Waals surface area contributed by atoms with E-state index in [4.69, 9.17) is 25.7 Å². The number of hydrogen-bond acceptors (Lipinski definition) is 8. The molecule has 0 saturated heterocycles. The Morgan fingerprint density at radius 2 is 2.00 bits per heavy atom. The highest BCUT2D eigenvalue weighted by molar-refractivity contribution is 5.50. The molecule has 1 aliphatic rings. The van der Waals surface area contributed by atoms with Gasteiger partial charge >= 0.3 is 0 Å². The van der Waals surface area contributed by atoms with E-state index in [-0.39, 0.29) is 17.0 Å². The highest BCUT2D eigenvalue weighted by atomic mass is 16.7. The third kappa shape index (κ3) is 2.32. The lowest BCUT2D eigenvalue weighted by molar-refractivity contribution is -0.385. The van der Waals surface area contributed by atoms with Crippen molar-refractivity contribution < 1.29 is 24.2 Å². The fourth-order valence-electron chi connectivity index (χ4n) is 2.71. The predicted octanol–water partition coefficient (Wildman–Crippen LogP) is -0.204. The Bertz CT molecular complexity index is 589. The van der Waals surface area contributed by atoms with Gasteiger partial charge in [-0.05, 0) is 13.0 Å². The molecule has 0 spiro atoms. The van der Waals surface area contributed by atoms with Crippen LogP contribution in [0, 0.1) is 10.1 Å². The molecule has 1 aromatic carbocycles. The molecule has 0 radical (unpaired) electrons. The first kappa shape index (κ1) is 16.6. The minimum atomic E-state index is -1.77. The van der Waals surface area contributed by atoms with E-state index in [9.17, 15) is 15.2 Å². The summed E-state index contributed by atoms with van der Waals surface area (Å²) in [5.74, 6) is 0.225. The van der Waals surface area contributed by atoms with Crippen LogP contribution in [-0.2, 0) is 15.1 Å². The molecule has 0 fully saturated rings. The molecule has 9 nitrogen and oxygen atoms in total. The number of nitro benzene ring substituents is 1. The Balaban J connectivity index is 2.58. The molecule has 22 heavy (non-hydrogen) atoms. The van der Waals surface area contributed by atoms with Gasteiger partial charge in [0.1, 0.15) is 17.5 Å². The number of nitrogens with zero attached hydrogens (tertiary/aromatic N) is 1. The first-order chi connectivity index (χ1) is 10.2. The van der Waals surface area contributed by atoms with Gasteiger partial charge in [-0.15, -0.1) is 0 Å². The maximum atomic E-state index is 10.9. The molecule has 5 N–H and O–H groups in total. The number of aliphatic hydroxyl groups excluding tert-OH is 1. The minimum Gasteiger partial charge on any atom is -0.479 e. The highest BCUT2D eigenvalue weighted by Gasteiger charge is 2.57. The number of hydrogen-bond donors (Lipinski definition) is 3. The van der Waals surface area contributed by atoms with Gasteiger partial charge in [0.15, 0.2) is 11.9 Å². The van der Waals surface area contributed by atoms with E-state index in [1.54, 1.807) is 0 Å². The molecule has 0 aliphatic carbocycles. The first-order valence-corrected chi connectivity index (χ1v) is 6.47. The first-order valence-electron chi connectivity index (χ1n) is 6.47. The Hall–Kier alpha value is -1.78. The van der Waals surface area contributed by atoms with Crippen molar-refractivity contribution in [3.8, 4) is 5.75 Å². The standard InChI is InChI=1S/C13H19N3O6/c1-12(11(20-2)21-3)10(17)13(14,15)8-6-7(16(18)19)4-5-9(8)22-12/h4-6,10-11,17H,14-15H2,1-3H3/t10-,12-/m0/s1. The lowest BCUT2D eigenvalue weighted by Gasteiger charge is -2.49. The fourth-order valence-corrected chi connectivity index (χ4v) is 2.71. The molecule has 122 valence electrons. The van der Waals surface area contributed by atoms with E-state index in [1.807, 2.05) is 0 Å². The number of ether oxygens (including phenoxy) is 3. The molecule has 1 heterocycles. The van der Waals surface area contributed by atoms with Crippen molar-refractivity contribution in [3.05, 3.63) is 33.9 Å². The Kier molecular flexibility index (Phi) is 4.11. The average Bonchev–Trinajstić information content (AvgIpc) is 2.46. The summed E-state index contributed by atoms with van der Waals surface area (Å²) < 4.78 is 16.1. The minimum absolute atomic E-state index is 0.137. The number of aliphatic hydroxyl groups is 1. The van der Waals surface area contributed by atoms with Gasteiger partial charge < -0.3 is 30.8 Å². The largest absolute Gasteiger partial charge is 0.479 e. The predicted molar refractivity (Wildman–Crippen MR) is 76.0 cm³/mol. The van der Waals surface area contributed by atoms with Crippen molar-refractivity contribution in [2.45, 2.75) is 30.6 Å². The second-order valence-electron chi connectivity index (χ2n) is 5.36. The summed E-state index contributed by atoms with van der Waals surface area (Å²) in [5, 5.41) is 21.4. The summed E-state index contributed by atoms with van der Waals surface area (Å²) in [6, 6.07) is 3.84. The van der Waals surface area contributed by atoms with Crippen molar-refractivity contribution in [2.75, 3.05) is 14.2 Å². The lowest BCUT2D eigenvalue weighted by atomic mass is 9.80. The van der Waals surface area contributed by atoms with Gasteiger partial charge in [0.25, 0.3) is 5.69 Å². The number of non-ortho nitro benzene ring substituents is 1. The molecule has 1 aromatic rings. The fraction of sp³-hybridized carbons (Fsp3) is 0.538. The van der Waals surface area contributed by atoms with Crippen molar-refractivity contribution in [1.82, 2.24) is 0 Å². The maximum absolute atomic E-state index is 10.9. The van der Waals surface area contributed by atoms with E-state index in [1.165, 1.54) is 39.3 Å². The Labute approximate surface area is 126 Å². The van der Waals surface area contributed by atoms with Crippen LogP contribution in [-0.4, -0.2) is 42.2 Å². The zero-order valence-corrected chi connectivity index (χ0v) is 12.5. The number of nitrogens with two attached hydrogens (primary N) is 2. The molecule has 2 atom stereocenters. The Morgan fingerprint density at radius 3 is 2.50 bits per heavy atom. The average molecular weight is 313 g/mol. The third-order valence-corrected chi connectivity index (χ3v) is 3.86. The molecule has 1 aliphatic heterocycles. The maximum Gasteiger partial charge on any atom is 0.270 e. The van der Waals surface area contributed by atoms with E-state index in [0.29, 0.717) is 0 Å². The number of rotatable bonds is 4. The number of nitro groups is 1. The van der Waals surface area contributed by atoms with Crippen LogP contribution in [0.3, 0.4) is 0 Å². The van der Waals surface area contributed by atoms with Crippen molar-refractivity contribution in [2.24, 2.45) is 11.5 Å². The van der Waals surface area contributed by atoms with Gasteiger partial charge in [-0.2, -0.15) is 0 Å². The molecule has 9 heteroatoms. The smallest absolute Gasteiger partial charge is 0.270 e. The molecule has 0 bridgehead atoms. The number of methoxy groups -OCH3 is 2. The van der Waals surface area contributed by atoms with Crippen LogP contribution in [0.4, 0.5) is 5.69 Å². The quantitative estimate of drug-likeness (QED) is 0.394.